The highest BCUT2D eigenvalue weighted by molar-refractivity contribution is 7.89. The SMILES string of the molecule is COCc1ccc(CNc2ccc(S(=O)(=O)NC(C)C)cc2)cc1. The van der Waals surface area contributed by atoms with E-state index >= 15 is 0 Å². The van der Waals surface area contributed by atoms with Crippen LogP contribution in [0.15, 0.2) is 53.4 Å². The highest BCUT2D eigenvalue weighted by Crippen LogP contribution is 2.15. The zero-order valence-corrected chi connectivity index (χ0v) is 15.1. The highest BCUT2D eigenvalue weighted by atomic mass is 32.2. The average molecular weight is 348 g/mol. The average Bonchev–Trinajstić information content (AvgIpc) is 2.54. The fraction of sp³-hybridized carbons (Fsp3) is 0.333. The Labute approximate surface area is 144 Å². The van der Waals surface area contributed by atoms with E-state index in [2.05, 4.69) is 10.0 Å². The van der Waals surface area contributed by atoms with Gasteiger partial charge in [0.15, 0.2) is 0 Å². The summed E-state index contributed by atoms with van der Waals surface area (Å²) in [6.45, 7) is 4.87. The first kappa shape index (κ1) is 18.4. The zero-order chi connectivity index (χ0) is 17.6. The van der Waals surface area contributed by atoms with Crippen molar-refractivity contribution in [2.75, 3.05) is 12.4 Å². The van der Waals surface area contributed by atoms with Gasteiger partial charge in [-0.05, 0) is 49.2 Å². The molecule has 6 heteroatoms. The predicted octanol–water partition coefficient (Wildman–Crippen LogP) is 3.13. The lowest BCUT2D eigenvalue weighted by Gasteiger charge is -2.11. The molecule has 0 fully saturated rings. The molecular formula is C18H24N2O3S. The molecule has 0 heterocycles. The predicted molar refractivity (Wildman–Crippen MR) is 96.4 cm³/mol. The van der Waals surface area contributed by atoms with E-state index in [1.807, 2.05) is 24.3 Å². The van der Waals surface area contributed by atoms with E-state index in [-0.39, 0.29) is 10.9 Å². The normalized spacial score (nSPS) is 11.7. The van der Waals surface area contributed by atoms with E-state index in [4.69, 9.17) is 4.74 Å². The minimum absolute atomic E-state index is 0.131. The second-order valence-corrected chi connectivity index (χ2v) is 7.62. The van der Waals surface area contributed by atoms with Crippen LogP contribution in [-0.4, -0.2) is 21.6 Å². The number of sulfonamides is 1. The smallest absolute Gasteiger partial charge is 0.240 e. The first-order valence-corrected chi connectivity index (χ1v) is 9.32. The van der Waals surface area contributed by atoms with Crippen LogP contribution in [0.1, 0.15) is 25.0 Å². The maximum absolute atomic E-state index is 12.1. The Balaban J connectivity index is 1.96. The van der Waals surface area contributed by atoms with Crippen LogP contribution in [0, 0.1) is 0 Å². The van der Waals surface area contributed by atoms with Crippen LogP contribution in [-0.2, 0) is 27.9 Å². The molecule has 0 saturated heterocycles. The molecular weight excluding hydrogens is 324 g/mol. The Morgan fingerprint density at radius 1 is 0.958 bits per heavy atom. The molecule has 2 aromatic rings. The Morgan fingerprint density at radius 2 is 1.54 bits per heavy atom. The number of ether oxygens (including phenoxy) is 1. The van der Waals surface area contributed by atoms with Crippen molar-refractivity contribution in [3.63, 3.8) is 0 Å². The zero-order valence-electron chi connectivity index (χ0n) is 14.2. The van der Waals surface area contributed by atoms with Crippen molar-refractivity contribution >= 4 is 15.7 Å². The summed E-state index contributed by atoms with van der Waals surface area (Å²) in [5.74, 6) is 0. The molecule has 0 aliphatic rings. The third kappa shape index (κ3) is 5.33. The highest BCUT2D eigenvalue weighted by Gasteiger charge is 2.14. The summed E-state index contributed by atoms with van der Waals surface area (Å²) in [4.78, 5) is 0.269. The maximum atomic E-state index is 12.1. The fourth-order valence-corrected chi connectivity index (χ4v) is 3.51. The summed E-state index contributed by atoms with van der Waals surface area (Å²) in [5.41, 5.74) is 3.15. The van der Waals surface area contributed by atoms with Crippen LogP contribution in [0.2, 0.25) is 0 Å². The number of rotatable bonds is 8. The Bertz CT molecular complexity index is 739. The number of hydrogen-bond donors (Lipinski definition) is 2. The van der Waals surface area contributed by atoms with Crippen molar-refractivity contribution in [3.8, 4) is 0 Å². The van der Waals surface area contributed by atoms with Crippen molar-refractivity contribution in [2.45, 2.75) is 37.9 Å². The van der Waals surface area contributed by atoms with Gasteiger partial charge in [-0.25, -0.2) is 13.1 Å². The van der Waals surface area contributed by atoms with Gasteiger partial charge in [0.1, 0.15) is 0 Å². The van der Waals surface area contributed by atoms with Gasteiger partial charge in [0.2, 0.25) is 10.0 Å². The van der Waals surface area contributed by atoms with Gasteiger partial charge >= 0.3 is 0 Å². The van der Waals surface area contributed by atoms with Gasteiger partial charge < -0.3 is 10.1 Å². The van der Waals surface area contributed by atoms with E-state index in [1.54, 1.807) is 45.2 Å². The second-order valence-electron chi connectivity index (χ2n) is 5.90. The largest absolute Gasteiger partial charge is 0.381 e. The molecule has 5 nitrogen and oxygen atoms in total. The molecule has 0 saturated carbocycles. The summed E-state index contributed by atoms with van der Waals surface area (Å²) in [6.07, 6.45) is 0. The topological polar surface area (TPSA) is 67.4 Å². The molecule has 0 aromatic heterocycles. The number of nitrogens with one attached hydrogen (secondary N) is 2. The summed E-state index contributed by atoms with van der Waals surface area (Å²) < 4.78 is 31.8. The summed E-state index contributed by atoms with van der Waals surface area (Å²) in [7, 11) is -1.77. The Kier molecular flexibility index (Phi) is 6.36. The van der Waals surface area contributed by atoms with Crippen molar-refractivity contribution in [2.24, 2.45) is 0 Å². The molecule has 0 bridgehead atoms. The lowest BCUT2D eigenvalue weighted by molar-refractivity contribution is 0.185. The number of methoxy groups -OCH3 is 1. The van der Waals surface area contributed by atoms with Crippen LogP contribution in [0.4, 0.5) is 5.69 Å². The Hall–Kier alpha value is -1.89. The van der Waals surface area contributed by atoms with Crippen LogP contribution in [0.25, 0.3) is 0 Å². The van der Waals surface area contributed by atoms with E-state index in [9.17, 15) is 8.42 Å². The minimum Gasteiger partial charge on any atom is -0.381 e. The molecule has 0 aliphatic carbocycles. The summed E-state index contributed by atoms with van der Waals surface area (Å²) in [5, 5.41) is 3.29. The van der Waals surface area contributed by atoms with Crippen molar-refractivity contribution in [1.29, 1.82) is 0 Å². The molecule has 2 rings (SSSR count). The van der Waals surface area contributed by atoms with E-state index in [0.717, 1.165) is 16.8 Å². The monoisotopic (exact) mass is 348 g/mol. The lowest BCUT2D eigenvalue weighted by atomic mass is 10.1. The summed E-state index contributed by atoms with van der Waals surface area (Å²) >= 11 is 0. The number of benzene rings is 2. The van der Waals surface area contributed by atoms with Crippen LogP contribution in [0.5, 0.6) is 0 Å². The van der Waals surface area contributed by atoms with Gasteiger partial charge in [0.05, 0.1) is 11.5 Å². The third-order valence-corrected chi connectivity index (χ3v) is 5.06. The quantitative estimate of drug-likeness (QED) is 0.769. The minimum atomic E-state index is -3.44. The molecule has 0 amide bonds. The van der Waals surface area contributed by atoms with Crippen LogP contribution < -0.4 is 10.0 Å². The summed E-state index contributed by atoms with van der Waals surface area (Å²) in [6, 6.07) is 14.8. The Morgan fingerprint density at radius 3 is 2.08 bits per heavy atom. The molecule has 0 atom stereocenters. The van der Waals surface area contributed by atoms with Crippen LogP contribution >= 0.6 is 0 Å². The van der Waals surface area contributed by atoms with Gasteiger partial charge in [-0.15, -0.1) is 0 Å². The van der Waals surface area contributed by atoms with Crippen molar-refractivity contribution in [1.82, 2.24) is 4.72 Å². The number of hydrogen-bond acceptors (Lipinski definition) is 4. The standard InChI is InChI=1S/C18H24N2O3S/c1-14(2)20-24(21,22)18-10-8-17(9-11-18)19-12-15-4-6-16(7-5-15)13-23-3/h4-11,14,19-20H,12-13H2,1-3H3. The fourth-order valence-electron chi connectivity index (χ4n) is 2.25. The molecule has 0 aliphatic heterocycles. The molecule has 0 spiro atoms. The van der Waals surface area contributed by atoms with Gasteiger partial charge in [-0.3, -0.25) is 0 Å². The number of anilines is 1. The maximum Gasteiger partial charge on any atom is 0.240 e. The van der Waals surface area contributed by atoms with Gasteiger partial charge in [-0.2, -0.15) is 0 Å². The first-order valence-electron chi connectivity index (χ1n) is 7.84. The van der Waals surface area contributed by atoms with Crippen LogP contribution in [0.3, 0.4) is 0 Å². The van der Waals surface area contributed by atoms with Gasteiger partial charge in [0, 0.05) is 25.4 Å². The third-order valence-electron chi connectivity index (χ3n) is 3.39. The molecule has 2 aromatic carbocycles. The van der Waals surface area contributed by atoms with Crippen molar-refractivity contribution in [3.05, 3.63) is 59.7 Å². The molecule has 0 unspecified atom stereocenters. The van der Waals surface area contributed by atoms with E-state index < -0.39 is 10.0 Å². The van der Waals surface area contributed by atoms with Gasteiger partial charge in [-0.1, -0.05) is 24.3 Å². The lowest BCUT2D eigenvalue weighted by Crippen LogP contribution is -2.30. The van der Waals surface area contributed by atoms with Crippen molar-refractivity contribution < 1.29 is 13.2 Å². The second kappa shape index (κ2) is 8.28. The molecule has 0 radical (unpaired) electrons. The van der Waals surface area contributed by atoms with E-state index in [1.165, 1.54) is 0 Å². The van der Waals surface area contributed by atoms with E-state index in [0.29, 0.717) is 13.2 Å². The van der Waals surface area contributed by atoms with Gasteiger partial charge in [0.25, 0.3) is 0 Å². The molecule has 130 valence electrons. The first-order chi connectivity index (χ1) is 11.4. The molecule has 2 N–H and O–H groups in total. The molecule has 24 heavy (non-hydrogen) atoms.